The number of benzene rings is 1. The predicted octanol–water partition coefficient (Wildman–Crippen LogP) is 2.65. The van der Waals surface area contributed by atoms with Crippen molar-refractivity contribution >= 4 is 0 Å². The lowest BCUT2D eigenvalue weighted by Crippen LogP contribution is -2.22. The SMILES string of the molecule is CC(NCc1ccc(-n2cncn2)cc1)c1cnc2n1CCCC2. The van der Waals surface area contributed by atoms with E-state index in [9.17, 15) is 0 Å². The third-order valence-electron chi connectivity index (χ3n) is 4.68. The lowest BCUT2D eigenvalue weighted by molar-refractivity contribution is 0.470. The first-order valence-electron chi connectivity index (χ1n) is 8.53. The molecule has 0 amide bonds. The van der Waals surface area contributed by atoms with E-state index in [0.29, 0.717) is 6.04 Å². The van der Waals surface area contributed by atoms with Gasteiger partial charge < -0.3 is 9.88 Å². The summed E-state index contributed by atoms with van der Waals surface area (Å²) < 4.78 is 4.15. The van der Waals surface area contributed by atoms with Gasteiger partial charge in [-0.2, -0.15) is 5.10 Å². The van der Waals surface area contributed by atoms with Gasteiger partial charge in [0.25, 0.3) is 0 Å². The summed E-state index contributed by atoms with van der Waals surface area (Å²) in [6, 6.07) is 8.68. The maximum atomic E-state index is 4.58. The van der Waals surface area contributed by atoms with Crippen molar-refractivity contribution in [2.24, 2.45) is 0 Å². The van der Waals surface area contributed by atoms with Crippen molar-refractivity contribution in [2.75, 3.05) is 0 Å². The van der Waals surface area contributed by atoms with Crippen LogP contribution in [-0.4, -0.2) is 24.3 Å². The number of nitrogens with zero attached hydrogens (tertiary/aromatic N) is 5. The topological polar surface area (TPSA) is 60.6 Å². The summed E-state index contributed by atoms with van der Waals surface area (Å²) in [7, 11) is 0. The minimum atomic E-state index is 0.291. The van der Waals surface area contributed by atoms with Gasteiger partial charge in [0, 0.05) is 25.6 Å². The van der Waals surface area contributed by atoms with E-state index in [0.717, 1.165) is 25.2 Å². The van der Waals surface area contributed by atoms with Crippen LogP contribution in [0.5, 0.6) is 0 Å². The van der Waals surface area contributed by atoms with Crippen molar-refractivity contribution < 1.29 is 0 Å². The first kappa shape index (κ1) is 15.1. The quantitative estimate of drug-likeness (QED) is 0.784. The Balaban J connectivity index is 1.40. The average molecular weight is 322 g/mol. The minimum Gasteiger partial charge on any atom is -0.331 e. The Bertz CT molecular complexity index is 788. The first-order valence-corrected chi connectivity index (χ1v) is 8.53. The zero-order valence-corrected chi connectivity index (χ0v) is 13.9. The molecule has 1 aliphatic rings. The van der Waals surface area contributed by atoms with Crippen LogP contribution in [0.2, 0.25) is 0 Å². The largest absolute Gasteiger partial charge is 0.331 e. The molecule has 124 valence electrons. The number of hydrogen-bond donors (Lipinski definition) is 1. The molecule has 24 heavy (non-hydrogen) atoms. The second kappa shape index (κ2) is 6.57. The number of rotatable bonds is 5. The number of hydrogen-bond acceptors (Lipinski definition) is 4. The van der Waals surface area contributed by atoms with Crippen molar-refractivity contribution in [1.82, 2.24) is 29.6 Å². The van der Waals surface area contributed by atoms with Gasteiger partial charge in [0.05, 0.1) is 17.6 Å². The lowest BCUT2D eigenvalue weighted by Gasteiger charge is -2.20. The van der Waals surface area contributed by atoms with E-state index in [1.165, 1.54) is 29.9 Å². The second-order valence-electron chi connectivity index (χ2n) is 6.32. The van der Waals surface area contributed by atoms with Gasteiger partial charge >= 0.3 is 0 Å². The summed E-state index contributed by atoms with van der Waals surface area (Å²) in [5.74, 6) is 1.24. The molecule has 1 aromatic carbocycles. The first-order chi connectivity index (χ1) is 11.8. The standard InChI is InChI=1S/C18H22N6/c1-14(17-11-21-18-4-2-3-9-23(17)18)20-10-15-5-7-16(8-6-15)24-13-19-12-22-24/h5-8,11-14,20H,2-4,9-10H2,1H3. The second-order valence-corrected chi connectivity index (χ2v) is 6.32. The highest BCUT2D eigenvalue weighted by atomic mass is 15.3. The van der Waals surface area contributed by atoms with Gasteiger partial charge in [-0.25, -0.2) is 14.6 Å². The van der Waals surface area contributed by atoms with Crippen molar-refractivity contribution in [2.45, 2.75) is 45.3 Å². The van der Waals surface area contributed by atoms with Gasteiger partial charge in [0.1, 0.15) is 18.5 Å². The molecule has 6 nitrogen and oxygen atoms in total. The Kier molecular flexibility index (Phi) is 4.13. The number of aromatic nitrogens is 5. The van der Waals surface area contributed by atoms with Gasteiger partial charge in [-0.05, 0) is 37.5 Å². The maximum absolute atomic E-state index is 4.58. The molecule has 1 atom stereocenters. The Morgan fingerprint density at radius 3 is 2.88 bits per heavy atom. The van der Waals surface area contributed by atoms with E-state index in [2.05, 4.69) is 56.1 Å². The summed E-state index contributed by atoms with van der Waals surface area (Å²) in [4.78, 5) is 8.56. The van der Waals surface area contributed by atoms with Crippen molar-refractivity contribution in [3.63, 3.8) is 0 Å². The van der Waals surface area contributed by atoms with Gasteiger partial charge in [-0.15, -0.1) is 0 Å². The highest BCUT2D eigenvalue weighted by Crippen LogP contribution is 2.21. The van der Waals surface area contributed by atoms with E-state index in [1.54, 1.807) is 17.3 Å². The summed E-state index contributed by atoms with van der Waals surface area (Å²) in [6.07, 6.45) is 8.91. The number of fused-ring (bicyclic) bond motifs is 1. The molecule has 1 N–H and O–H groups in total. The van der Waals surface area contributed by atoms with E-state index in [1.807, 2.05) is 6.20 Å². The summed E-state index contributed by atoms with van der Waals surface area (Å²) in [5.41, 5.74) is 3.57. The molecule has 1 aliphatic heterocycles. The van der Waals surface area contributed by atoms with Crippen LogP contribution < -0.4 is 5.32 Å². The molecular weight excluding hydrogens is 300 g/mol. The molecule has 0 saturated heterocycles. The fourth-order valence-electron chi connectivity index (χ4n) is 3.27. The molecule has 0 aliphatic carbocycles. The predicted molar refractivity (Wildman–Crippen MR) is 91.8 cm³/mol. The average Bonchev–Trinajstić information content (AvgIpc) is 3.30. The number of aryl methyl sites for hydroxylation is 1. The molecule has 0 radical (unpaired) electrons. The van der Waals surface area contributed by atoms with Gasteiger partial charge in [0.15, 0.2) is 0 Å². The molecule has 0 fully saturated rings. The summed E-state index contributed by atoms with van der Waals surface area (Å²) in [5, 5.41) is 7.76. The fraction of sp³-hybridized carbons (Fsp3) is 0.389. The Morgan fingerprint density at radius 1 is 1.21 bits per heavy atom. The zero-order chi connectivity index (χ0) is 16.4. The van der Waals surface area contributed by atoms with Crippen LogP contribution in [0.4, 0.5) is 0 Å². The van der Waals surface area contributed by atoms with Crippen LogP contribution in [0.1, 0.15) is 42.9 Å². The molecule has 0 bridgehead atoms. The Labute approximate surface area is 141 Å². The number of nitrogens with one attached hydrogen (secondary N) is 1. The Hall–Kier alpha value is -2.47. The van der Waals surface area contributed by atoms with Crippen molar-refractivity contribution in [1.29, 1.82) is 0 Å². The number of imidazole rings is 1. The van der Waals surface area contributed by atoms with Crippen LogP contribution in [0.15, 0.2) is 43.1 Å². The van der Waals surface area contributed by atoms with Crippen LogP contribution in [0.3, 0.4) is 0 Å². The highest BCUT2D eigenvalue weighted by Gasteiger charge is 2.17. The third-order valence-corrected chi connectivity index (χ3v) is 4.68. The fourth-order valence-corrected chi connectivity index (χ4v) is 3.27. The van der Waals surface area contributed by atoms with E-state index < -0.39 is 0 Å². The molecule has 6 heteroatoms. The molecule has 4 rings (SSSR count). The highest BCUT2D eigenvalue weighted by molar-refractivity contribution is 5.33. The molecule has 1 unspecified atom stereocenters. The maximum Gasteiger partial charge on any atom is 0.138 e. The molecule has 0 saturated carbocycles. The smallest absolute Gasteiger partial charge is 0.138 e. The molecule has 0 spiro atoms. The normalized spacial score (nSPS) is 15.2. The Morgan fingerprint density at radius 2 is 2.08 bits per heavy atom. The van der Waals surface area contributed by atoms with Crippen LogP contribution in [0, 0.1) is 0 Å². The van der Waals surface area contributed by atoms with Crippen molar-refractivity contribution in [3.8, 4) is 5.69 Å². The summed E-state index contributed by atoms with van der Waals surface area (Å²) >= 11 is 0. The van der Waals surface area contributed by atoms with E-state index in [4.69, 9.17) is 0 Å². The lowest BCUT2D eigenvalue weighted by atomic mass is 10.1. The monoisotopic (exact) mass is 322 g/mol. The molecule has 3 heterocycles. The van der Waals surface area contributed by atoms with Gasteiger partial charge in [-0.3, -0.25) is 0 Å². The third kappa shape index (κ3) is 2.97. The van der Waals surface area contributed by atoms with Gasteiger partial charge in [0.2, 0.25) is 0 Å². The van der Waals surface area contributed by atoms with Crippen molar-refractivity contribution in [3.05, 3.63) is 60.2 Å². The molecular formula is C18H22N6. The van der Waals surface area contributed by atoms with E-state index in [-0.39, 0.29) is 0 Å². The molecule has 2 aromatic heterocycles. The molecule has 3 aromatic rings. The van der Waals surface area contributed by atoms with Crippen LogP contribution in [-0.2, 0) is 19.5 Å². The van der Waals surface area contributed by atoms with E-state index >= 15 is 0 Å². The van der Waals surface area contributed by atoms with Gasteiger partial charge in [-0.1, -0.05) is 12.1 Å². The minimum absolute atomic E-state index is 0.291. The zero-order valence-electron chi connectivity index (χ0n) is 13.9. The van der Waals surface area contributed by atoms with Crippen LogP contribution >= 0.6 is 0 Å². The van der Waals surface area contributed by atoms with Crippen LogP contribution in [0.25, 0.3) is 5.69 Å². The summed E-state index contributed by atoms with van der Waals surface area (Å²) in [6.45, 7) is 4.14.